The number of rotatable bonds is 4. The van der Waals surface area contributed by atoms with Crippen LogP contribution in [0.1, 0.15) is 53.4 Å². The molecule has 0 radical (unpaired) electrons. The summed E-state index contributed by atoms with van der Waals surface area (Å²) in [6.07, 6.45) is 11.5. The van der Waals surface area contributed by atoms with Gasteiger partial charge in [0.1, 0.15) is 0 Å². The lowest BCUT2D eigenvalue weighted by Crippen LogP contribution is -2.31. The zero-order valence-electron chi connectivity index (χ0n) is 12.8. The van der Waals surface area contributed by atoms with Crippen molar-refractivity contribution in [1.29, 1.82) is 0 Å². The Labute approximate surface area is 117 Å². The summed E-state index contributed by atoms with van der Waals surface area (Å²) in [5, 5.41) is 0. The molecule has 3 heteroatoms. The molecule has 1 aliphatic carbocycles. The highest BCUT2D eigenvalue weighted by molar-refractivity contribution is 4.81. The average Bonchev–Trinajstić information content (AvgIpc) is 2.81. The fourth-order valence-electron chi connectivity index (χ4n) is 3.13. The summed E-state index contributed by atoms with van der Waals surface area (Å²) in [6, 6.07) is 0. The summed E-state index contributed by atoms with van der Waals surface area (Å²) in [5.41, 5.74) is 0.452. The number of imidazole rings is 1. The number of aromatic nitrogens is 2. The van der Waals surface area contributed by atoms with Gasteiger partial charge in [0.2, 0.25) is 0 Å². The van der Waals surface area contributed by atoms with Crippen molar-refractivity contribution in [2.75, 3.05) is 0 Å². The highest BCUT2D eigenvalue weighted by atomic mass is 16.5. The maximum atomic E-state index is 6.18. The van der Waals surface area contributed by atoms with Gasteiger partial charge in [0.25, 0.3) is 0 Å². The van der Waals surface area contributed by atoms with Gasteiger partial charge in [-0.15, -0.1) is 0 Å². The molecule has 1 aromatic heterocycles. The van der Waals surface area contributed by atoms with Crippen molar-refractivity contribution in [3.63, 3.8) is 0 Å². The number of nitrogens with zero attached hydrogens (tertiary/aromatic N) is 2. The molecule has 0 bridgehead atoms. The Morgan fingerprint density at radius 3 is 2.47 bits per heavy atom. The second kappa shape index (κ2) is 6.08. The van der Waals surface area contributed by atoms with Crippen LogP contribution in [-0.2, 0) is 11.3 Å². The molecule has 0 saturated heterocycles. The van der Waals surface area contributed by atoms with Crippen LogP contribution in [0.25, 0.3) is 0 Å². The van der Waals surface area contributed by atoms with E-state index in [9.17, 15) is 0 Å². The highest BCUT2D eigenvalue weighted by Gasteiger charge is 2.30. The molecule has 2 rings (SSSR count). The van der Waals surface area contributed by atoms with Crippen molar-refractivity contribution in [3.8, 4) is 0 Å². The Kier molecular flexibility index (Phi) is 4.67. The van der Waals surface area contributed by atoms with E-state index in [-0.39, 0.29) is 6.10 Å². The summed E-state index contributed by atoms with van der Waals surface area (Å²) in [4.78, 5) is 4.07. The lowest BCUT2D eigenvalue weighted by Gasteiger charge is -2.37. The Hall–Kier alpha value is -0.830. The standard InChI is InChI=1S/C16H28N2O/c1-13(11-18-10-9-17-12-18)19-15-7-5-14(6-8-15)16(2,3)4/h9-10,12-15H,5-8,11H2,1-4H3. The molecule has 1 atom stereocenters. The molecule has 1 saturated carbocycles. The van der Waals surface area contributed by atoms with Gasteiger partial charge in [-0.05, 0) is 43.9 Å². The number of ether oxygens (including phenoxy) is 1. The van der Waals surface area contributed by atoms with Crippen LogP contribution in [0, 0.1) is 11.3 Å². The summed E-state index contributed by atoms with van der Waals surface area (Å²) >= 11 is 0. The van der Waals surface area contributed by atoms with Crippen LogP contribution >= 0.6 is 0 Å². The smallest absolute Gasteiger partial charge is 0.0946 e. The first kappa shape index (κ1) is 14.6. The van der Waals surface area contributed by atoms with E-state index in [1.54, 1.807) is 0 Å². The molecule has 0 amide bonds. The number of hydrogen-bond acceptors (Lipinski definition) is 2. The summed E-state index contributed by atoms with van der Waals surface area (Å²) in [6.45, 7) is 10.1. The molecular formula is C16H28N2O. The Morgan fingerprint density at radius 2 is 1.95 bits per heavy atom. The quantitative estimate of drug-likeness (QED) is 0.825. The van der Waals surface area contributed by atoms with Gasteiger partial charge >= 0.3 is 0 Å². The molecule has 19 heavy (non-hydrogen) atoms. The molecule has 1 aromatic rings. The van der Waals surface area contributed by atoms with Crippen molar-refractivity contribution in [2.45, 2.75) is 72.1 Å². The lowest BCUT2D eigenvalue weighted by atomic mass is 9.72. The zero-order valence-corrected chi connectivity index (χ0v) is 12.8. The van der Waals surface area contributed by atoms with E-state index in [1.165, 1.54) is 25.7 Å². The van der Waals surface area contributed by atoms with Crippen LogP contribution in [0.5, 0.6) is 0 Å². The maximum Gasteiger partial charge on any atom is 0.0946 e. The summed E-state index contributed by atoms with van der Waals surface area (Å²) in [7, 11) is 0. The zero-order chi connectivity index (χ0) is 13.9. The summed E-state index contributed by atoms with van der Waals surface area (Å²) < 4.78 is 8.27. The average molecular weight is 264 g/mol. The van der Waals surface area contributed by atoms with E-state index in [0.717, 1.165) is 12.5 Å². The maximum absolute atomic E-state index is 6.18. The van der Waals surface area contributed by atoms with E-state index in [2.05, 4.69) is 37.2 Å². The molecular weight excluding hydrogens is 236 g/mol. The first-order valence-electron chi connectivity index (χ1n) is 7.56. The molecule has 0 spiro atoms. The third-order valence-corrected chi connectivity index (χ3v) is 4.35. The van der Waals surface area contributed by atoms with E-state index in [4.69, 9.17) is 4.74 Å². The molecule has 0 N–H and O–H groups in total. The normalized spacial score (nSPS) is 26.3. The minimum Gasteiger partial charge on any atom is -0.373 e. The van der Waals surface area contributed by atoms with Gasteiger partial charge in [0, 0.05) is 18.9 Å². The predicted molar refractivity (Wildman–Crippen MR) is 78.0 cm³/mol. The second-order valence-corrected chi connectivity index (χ2v) is 7.05. The van der Waals surface area contributed by atoms with Gasteiger partial charge in [0.05, 0.1) is 18.5 Å². The van der Waals surface area contributed by atoms with Crippen LogP contribution in [0.4, 0.5) is 0 Å². The van der Waals surface area contributed by atoms with E-state index < -0.39 is 0 Å². The third-order valence-electron chi connectivity index (χ3n) is 4.35. The van der Waals surface area contributed by atoms with Gasteiger partial charge in [-0.25, -0.2) is 4.98 Å². The second-order valence-electron chi connectivity index (χ2n) is 7.05. The minimum absolute atomic E-state index is 0.269. The highest BCUT2D eigenvalue weighted by Crippen LogP contribution is 2.38. The van der Waals surface area contributed by atoms with Gasteiger partial charge in [-0.1, -0.05) is 20.8 Å². The molecule has 0 aliphatic heterocycles. The number of hydrogen-bond donors (Lipinski definition) is 0. The van der Waals surface area contributed by atoms with Crippen LogP contribution in [-0.4, -0.2) is 21.8 Å². The molecule has 108 valence electrons. The van der Waals surface area contributed by atoms with Crippen molar-refractivity contribution in [3.05, 3.63) is 18.7 Å². The third kappa shape index (κ3) is 4.34. The molecule has 1 fully saturated rings. The SMILES string of the molecule is CC(Cn1ccnc1)OC1CCC(C(C)(C)C)CC1. The van der Waals surface area contributed by atoms with Crippen molar-refractivity contribution in [2.24, 2.45) is 11.3 Å². The first-order valence-corrected chi connectivity index (χ1v) is 7.56. The van der Waals surface area contributed by atoms with E-state index >= 15 is 0 Å². The van der Waals surface area contributed by atoms with Crippen molar-refractivity contribution in [1.82, 2.24) is 9.55 Å². The van der Waals surface area contributed by atoms with Gasteiger partial charge in [-0.2, -0.15) is 0 Å². The molecule has 1 aliphatic rings. The van der Waals surface area contributed by atoms with Gasteiger partial charge in [0.15, 0.2) is 0 Å². The molecule has 0 aromatic carbocycles. The van der Waals surface area contributed by atoms with E-state index in [1.807, 2.05) is 18.7 Å². The van der Waals surface area contributed by atoms with Gasteiger partial charge in [-0.3, -0.25) is 0 Å². The molecule has 3 nitrogen and oxygen atoms in total. The van der Waals surface area contributed by atoms with Crippen LogP contribution in [0.15, 0.2) is 18.7 Å². The predicted octanol–water partition coefficient (Wildman–Crippen LogP) is 3.89. The van der Waals surface area contributed by atoms with Crippen LogP contribution in [0.3, 0.4) is 0 Å². The monoisotopic (exact) mass is 264 g/mol. The van der Waals surface area contributed by atoms with Crippen molar-refractivity contribution >= 4 is 0 Å². The van der Waals surface area contributed by atoms with E-state index in [0.29, 0.717) is 11.5 Å². The van der Waals surface area contributed by atoms with Gasteiger partial charge < -0.3 is 9.30 Å². The molecule has 1 unspecified atom stereocenters. The Balaban J connectivity index is 1.73. The fraction of sp³-hybridized carbons (Fsp3) is 0.812. The topological polar surface area (TPSA) is 27.1 Å². The van der Waals surface area contributed by atoms with Crippen LogP contribution < -0.4 is 0 Å². The fourth-order valence-corrected chi connectivity index (χ4v) is 3.13. The Bertz CT molecular complexity index is 359. The first-order chi connectivity index (χ1) is 8.95. The largest absolute Gasteiger partial charge is 0.373 e. The minimum atomic E-state index is 0.269. The lowest BCUT2D eigenvalue weighted by molar-refractivity contribution is -0.0427. The Morgan fingerprint density at radius 1 is 1.26 bits per heavy atom. The summed E-state index contributed by atoms with van der Waals surface area (Å²) in [5.74, 6) is 0.858. The van der Waals surface area contributed by atoms with Crippen LogP contribution in [0.2, 0.25) is 0 Å². The molecule has 1 heterocycles. The van der Waals surface area contributed by atoms with Crippen molar-refractivity contribution < 1.29 is 4.74 Å².